The van der Waals surface area contributed by atoms with Crippen molar-refractivity contribution in [1.82, 2.24) is 4.90 Å². The standard InChI is InChI=1S/C31H42N2O9/c1-2-38-31(37)33-18-16-32(17-19-33)21-8-10-22(11-9-21)39-20-26-27(34)28(35)29(30(36)42-26)41-25-14-12-24(13-15-25)40-23-6-4-3-5-7-23/h8-15,23,26-30,34-36H,2-7,16-20H2,1H3/t26-,27-,28+,29-,30+/m1/s1. The van der Waals surface area contributed by atoms with Crippen molar-refractivity contribution in [3.8, 4) is 17.2 Å². The van der Waals surface area contributed by atoms with Crippen molar-refractivity contribution in [2.24, 2.45) is 0 Å². The van der Waals surface area contributed by atoms with Gasteiger partial charge in [0.1, 0.15) is 42.2 Å². The lowest BCUT2D eigenvalue weighted by molar-refractivity contribution is -0.279. The Hall–Kier alpha value is -3.25. The number of hydrogen-bond acceptors (Lipinski definition) is 10. The summed E-state index contributed by atoms with van der Waals surface area (Å²) in [5, 5.41) is 32.0. The lowest BCUT2D eigenvalue weighted by Crippen LogP contribution is -2.60. The summed E-state index contributed by atoms with van der Waals surface area (Å²) < 4.78 is 28.3. The molecule has 1 aliphatic carbocycles. The van der Waals surface area contributed by atoms with Gasteiger partial charge in [-0.05, 0) is 81.1 Å². The SMILES string of the molecule is CCOC(=O)N1CCN(c2ccc(OC[C@H]3O[C@H](O)[C@H](Oc4ccc(OC5CCCCC5)cc4)[C@@H](O)[C@@H]3O)cc2)CC1. The number of aliphatic hydroxyl groups is 3. The highest BCUT2D eigenvalue weighted by Crippen LogP contribution is 2.29. The molecule has 2 aromatic carbocycles. The van der Waals surface area contributed by atoms with Crippen LogP contribution >= 0.6 is 0 Å². The second-order valence-corrected chi connectivity index (χ2v) is 11.0. The number of aliphatic hydroxyl groups excluding tert-OH is 3. The number of rotatable bonds is 9. The van der Waals surface area contributed by atoms with Crippen molar-refractivity contribution in [3.63, 3.8) is 0 Å². The van der Waals surface area contributed by atoms with Gasteiger partial charge in [0.2, 0.25) is 0 Å². The molecule has 1 saturated carbocycles. The summed E-state index contributed by atoms with van der Waals surface area (Å²) in [7, 11) is 0. The zero-order valence-electron chi connectivity index (χ0n) is 24.0. The van der Waals surface area contributed by atoms with Crippen LogP contribution < -0.4 is 19.1 Å². The molecule has 11 nitrogen and oxygen atoms in total. The van der Waals surface area contributed by atoms with Gasteiger partial charge in [0.25, 0.3) is 0 Å². The summed E-state index contributed by atoms with van der Waals surface area (Å²) in [5.41, 5.74) is 0.999. The summed E-state index contributed by atoms with van der Waals surface area (Å²) in [5.74, 6) is 1.72. The fourth-order valence-corrected chi connectivity index (χ4v) is 5.61. The van der Waals surface area contributed by atoms with Gasteiger partial charge in [-0.1, -0.05) is 6.42 Å². The normalized spacial score (nSPS) is 26.9. The second kappa shape index (κ2) is 14.3. The summed E-state index contributed by atoms with van der Waals surface area (Å²) in [4.78, 5) is 15.8. The summed E-state index contributed by atoms with van der Waals surface area (Å²) in [6.45, 7) is 4.64. The van der Waals surface area contributed by atoms with E-state index in [1.165, 1.54) is 19.3 Å². The van der Waals surface area contributed by atoms with Gasteiger partial charge in [-0.25, -0.2) is 4.79 Å². The molecule has 2 heterocycles. The van der Waals surface area contributed by atoms with Crippen LogP contribution in [0.3, 0.4) is 0 Å². The molecule has 3 N–H and O–H groups in total. The molecule has 42 heavy (non-hydrogen) atoms. The summed E-state index contributed by atoms with van der Waals surface area (Å²) >= 11 is 0. The third-order valence-electron chi connectivity index (χ3n) is 8.04. The molecule has 11 heteroatoms. The molecule has 0 spiro atoms. The Labute approximate surface area is 246 Å². The minimum absolute atomic E-state index is 0.0766. The van der Waals surface area contributed by atoms with E-state index in [0.717, 1.165) is 24.3 Å². The van der Waals surface area contributed by atoms with Crippen molar-refractivity contribution in [2.75, 3.05) is 44.3 Å². The molecule has 0 bridgehead atoms. The average molecular weight is 587 g/mol. The van der Waals surface area contributed by atoms with Crippen LogP contribution in [-0.4, -0.2) is 103 Å². The van der Waals surface area contributed by atoms with Gasteiger partial charge >= 0.3 is 6.09 Å². The first-order valence-electron chi connectivity index (χ1n) is 14.9. The molecule has 1 amide bonds. The number of benzene rings is 2. The molecule has 0 radical (unpaired) electrons. The van der Waals surface area contributed by atoms with E-state index in [2.05, 4.69) is 4.90 Å². The average Bonchev–Trinajstić information content (AvgIpc) is 3.02. The Morgan fingerprint density at radius 3 is 2.10 bits per heavy atom. The number of carbonyl (C=O) groups is 1. The lowest BCUT2D eigenvalue weighted by Gasteiger charge is -2.40. The smallest absolute Gasteiger partial charge is 0.409 e. The van der Waals surface area contributed by atoms with Crippen molar-refractivity contribution >= 4 is 11.8 Å². The van der Waals surface area contributed by atoms with Crippen LogP contribution in [-0.2, 0) is 9.47 Å². The molecule has 0 aromatic heterocycles. The largest absolute Gasteiger partial charge is 0.491 e. The van der Waals surface area contributed by atoms with Gasteiger partial charge in [0, 0.05) is 31.9 Å². The Bertz CT molecular complexity index is 1120. The number of nitrogens with zero attached hydrogens (tertiary/aromatic N) is 2. The van der Waals surface area contributed by atoms with Crippen LogP contribution in [0.15, 0.2) is 48.5 Å². The van der Waals surface area contributed by atoms with E-state index in [-0.39, 0.29) is 18.8 Å². The van der Waals surface area contributed by atoms with Crippen LogP contribution in [0.25, 0.3) is 0 Å². The van der Waals surface area contributed by atoms with Crippen molar-refractivity contribution in [3.05, 3.63) is 48.5 Å². The Balaban J connectivity index is 1.08. The van der Waals surface area contributed by atoms with E-state index in [1.54, 1.807) is 36.1 Å². The molecule has 2 aromatic rings. The van der Waals surface area contributed by atoms with Gasteiger partial charge < -0.3 is 48.8 Å². The highest BCUT2D eigenvalue weighted by Gasteiger charge is 2.45. The lowest BCUT2D eigenvalue weighted by atomic mass is 9.98. The molecule has 0 unspecified atom stereocenters. The number of piperazine rings is 1. The first-order chi connectivity index (χ1) is 20.4. The quantitative estimate of drug-likeness (QED) is 0.403. The van der Waals surface area contributed by atoms with E-state index in [1.807, 2.05) is 24.3 Å². The minimum Gasteiger partial charge on any atom is -0.491 e. The number of carbonyl (C=O) groups excluding carboxylic acids is 1. The molecule has 2 saturated heterocycles. The number of hydrogen-bond donors (Lipinski definition) is 3. The first kappa shape index (κ1) is 30.2. The van der Waals surface area contributed by atoms with Gasteiger partial charge in [0.05, 0.1) is 12.7 Å². The molecule has 2 aliphatic heterocycles. The third kappa shape index (κ3) is 7.57. The van der Waals surface area contributed by atoms with Crippen molar-refractivity contribution < 1.29 is 43.8 Å². The van der Waals surface area contributed by atoms with Crippen LogP contribution in [0.5, 0.6) is 17.2 Å². The van der Waals surface area contributed by atoms with Gasteiger partial charge in [-0.2, -0.15) is 0 Å². The highest BCUT2D eigenvalue weighted by molar-refractivity contribution is 5.68. The maximum absolute atomic E-state index is 11.9. The highest BCUT2D eigenvalue weighted by atomic mass is 16.7. The molecule has 3 aliphatic rings. The van der Waals surface area contributed by atoms with Gasteiger partial charge in [-0.15, -0.1) is 0 Å². The van der Waals surface area contributed by atoms with E-state index in [9.17, 15) is 20.1 Å². The summed E-state index contributed by atoms with van der Waals surface area (Å²) in [6.07, 6.45) is -0.643. The predicted octanol–water partition coefficient (Wildman–Crippen LogP) is 2.94. The number of anilines is 1. The van der Waals surface area contributed by atoms with Crippen molar-refractivity contribution in [2.45, 2.75) is 75.8 Å². The van der Waals surface area contributed by atoms with E-state index in [4.69, 9.17) is 23.7 Å². The molecule has 3 fully saturated rings. The fourth-order valence-electron chi connectivity index (χ4n) is 5.61. The van der Waals surface area contributed by atoms with Gasteiger partial charge in [-0.3, -0.25) is 0 Å². The monoisotopic (exact) mass is 586 g/mol. The molecule has 230 valence electrons. The minimum atomic E-state index is -1.47. The zero-order chi connectivity index (χ0) is 29.5. The summed E-state index contributed by atoms with van der Waals surface area (Å²) in [6, 6.07) is 14.5. The topological polar surface area (TPSA) is 130 Å². The van der Waals surface area contributed by atoms with E-state index >= 15 is 0 Å². The maximum Gasteiger partial charge on any atom is 0.409 e. The van der Waals surface area contributed by atoms with Crippen LogP contribution in [0.1, 0.15) is 39.0 Å². The fraction of sp³-hybridized carbons (Fsp3) is 0.581. The molecule has 5 rings (SSSR count). The van der Waals surface area contributed by atoms with E-state index < -0.39 is 30.7 Å². The van der Waals surface area contributed by atoms with Crippen LogP contribution in [0.4, 0.5) is 10.5 Å². The number of amides is 1. The van der Waals surface area contributed by atoms with Crippen LogP contribution in [0, 0.1) is 0 Å². The zero-order valence-corrected chi connectivity index (χ0v) is 24.0. The third-order valence-corrected chi connectivity index (χ3v) is 8.04. The molecular weight excluding hydrogens is 544 g/mol. The molecular formula is C31H42N2O9. The molecule has 5 atom stereocenters. The predicted molar refractivity (Wildman–Crippen MR) is 154 cm³/mol. The number of ether oxygens (including phenoxy) is 5. The van der Waals surface area contributed by atoms with Crippen LogP contribution in [0.2, 0.25) is 0 Å². The first-order valence-corrected chi connectivity index (χ1v) is 14.9. The van der Waals surface area contributed by atoms with Gasteiger partial charge in [0.15, 0.2) is 12.4 Å². The Morgan fingerprint density at radius 1 is 0.833 bits per heavy atom. The second-order valence-electron chi connectivity index (χ2n) is 11.0. The van der Waals surface area contributed by atoms with Crippen molar-refractivity contribution in [1.29, 1.82) is 0 Å². The van der Waals surface area contributed by atoms with E-state index in [0.29, 0.717) is 44.3 Å². The Morgan fingerprint density at radius 2 is 1.45 bits per heavy atom. The Kier molecular flexibility index (Phi) is 10.3. The maximum atomic E-state index is 11.9.